The Labute approximate surface area is 83.2 Å². The van der Waals surface area contributed by atoms with Gasteiger partial charge in [0.25, 0.3) is 0 Å². The van der Waals surface area contributed by atoms with Crippen LogP contribution in [-0.2, 0) is 18.1 Å². The van der Waals surface area contributed by atoms with Crippen molar-refractivity contribution in [3.05, 3.63) is 25.3 Å². The fourth-order valence-electron chi connectivity index (χ4n) is 0.692. The van der Waals surface area contributed by atoms with Crippen molar-refractivity contribution in [3.8, 4) is 0 Å². The minimum Gasteiger partial charge on any atom is -0.215 e. The molecule has 6 nitrogen and oxygen atoms in total. The molecule has 0 saturated heterocycles. The van der Waals surface area contributed by atoms with Crippen LogP contribution in [-0.4, -0.2) is 34.2 Å². The first-order valence-electron chi connectivity index (χ1n) is 3.52. The van der Waals surface area contributed by atoms with Gasteiger partial charge >= 0.3 is 18.1 Å². The molecule has 0 aliphatic carbocycles. The Hall–Kier alpha value is -0.700. The van der Waals surface area contributed by atoms with E-state index in [1.807, 2.05) is 0 Å². The third kappa shape index (κ3) is 2.91. The molecule has 82 valence electrons. The van der Waals surface area contributed by atoms with Crippen molar-refractivity contribution in [2.24, 2.45) is 5.14 Å². The van der Waals surface area contributed by atoms with Crippen LogP contribution in [0.5, 0.6) is 0 Å². The highest BCUT2D eigenvalue weighted by atomic mass is 33.2. The third-order valence-electron chi connectivity index (χ3n) is 1.28. The molecule has 2 N–H and O–H groups in total. The molecule has 0 aliphatic rings. The Balaban J connectivity index is 5.21. The van der Waals surface area contributed by atoms with Crippen molar-refractivity contribution < 1.29 is 16.8 Å². The Morgan fingerprint density at radius 2 is 1.43 bits per heavy atom. The fourth-order valence-corrected chi connectivity index (χ4v) is 2.81. The van der Waals surface area contributed by atoms with Crippen LogP contribution in [0.1, 0.15) is 0 Å². The summed E-state index contributed by atoms with van der Waals surface area (Å²) in [4.78, 5) is 0. The first kappa shape index (κ1) is 13.3. The van der Waals surface area contributed by atoms with E-state index in [1.54, 1.807) is 0 Å². The van der Waals surface area contributed by atoms with Gasteiger partial charge in [0, 0.05) is 13.1 Å². The van der Waals surface area contributed by atoms with Gasteiger partial charge in [-0.1, -0.05) is 12.2 Å². The molecule has 0 aromatic carbocycles. The maximum absolute atomic E-state index is 11.2. The maximum atomic E-state index is 11.2. The number of nitrogens with two attached hydrogens (primary N) is 1. The summed E-state index contributed by atoms with van der Waals surface area (Å²) in [6.07, 6.45) is 2.51. The van der Waals surface area contributed by atoms with Crippen molar-refractivity contribution in [1.82, 2.24) is 4.31 Å². The molecule has 8 heteroatoms. The zero-order chi connectivity index (χ0) is 11.4. The van der Waals surface area contributed by atoms with E-state index in [4.69, 9.17) is 0 Å². The lowest BCUT2D eigenvalue weighted by molar-refractivity contribution is 0.483. The standard InChI is InChI=1S/C6H12N2O4S2/c1-3-5-8(6-4-2)14(11,12)13(7,9)10/h3-4H,1-2,5-6H2,(H2,7,9,10). The zero-order valence-electron chi connectivity index (χ0n) is 7.46. The molecular formula is C6H12N2O4S2. The molecule has 0 aromatic rings. The van der Waals surface area contributed by atoms with E-state index in [1.165, 1.54) is 12.2 Å². The average molecular weight is 240 g/mol. The molecule has 0 radical (unpaired) electrons. The summed E-state index contributed by atoms with van der Waals surface area (Å²) in [5.41, 5.74) is 0. The normalized spacial score (nSPS) is 12.7. The summed E-state index contributed by atoms with van der Waals surface area (Å²) in [5, 5.41) is 4.55. The summed E-state index contributed by atoms with van der Waals surface area (Å²) in [5.74, 6) is 0. The Morgan fingerprint density at radius 3 is 1.64 bits per heavy atom. The summed E-state index contributed by atoms with van der Waals surface area (Å²) in [7, 11) is -9.17. The molecule has 0 heterocycles. The van der Waals surface area contributed by atoms with Gasteiger partial charge in [-0.2, -0.15) is 21.1 Å². The van der Waals surface area contributed by atoms with Crippen LogP contribution < -0.4 is 5.14 Å². The maximum Gasteiger partial charge on any atom is 0.334 e. The highest BCUT2D eigenvalue weighted by molar-refractivity contribution is 8.65. The van der Waals surface area contributed by atoms with Crippen molar-refractivity contribution in [2.75, 3.05) is 13.1 Å². The molecule has 0 unspecified atom stereocenters. The molecule has 0 spiro atoms. The lowest BCUT2D eigenvalue weighted by atomic mass is 10.5. The highest BCUT2D eigenvalue weighted by Crippen LogP contribution is 2.06. The van der Waals surface area contributed by atoms with Crippen LogP contribution in [0, 0.1) is 0 Å². The van der Waals surface area contributed by atoms with E-state index in [9.17, 15) is 16.8 Å². The molecule has 0 fully saturated rings. The molecule has 0 rings (SSSR count). The van der Waals surface area contributed by atoms with E-state index < -0.39 is 18.1 Å². The smallest absolute Gasteiger partial charge is 0.215 e. The molecular weight excluding hydrogens is 228 g/mol. The van der Waals surface area contributed by atoms with Gasteiger partial charge in [-0.15, -0.1) is 13.2 Å². The summed E-state index contributed by atoms with van der Waals surface area (Å²) in [6.45, 7) is 6.34. The lowest BCUT2D eigenvalue weighted by Crippen LogP contribution is -2.39. The topological polar surface area (TPSA) is 97.5 Å². The van der Waals surface area contributed by atoms with Gasteiger partial charge in [-0.25, -0.2) is 5.14 Å². The molecule has 0 bridgehead atoms. The predicted octanol–water partition coefficient (Wildman–Crippen LogP) is -0.806. The number of nitrogens with zero attached hydrogens (tertiary/aromatic N) is 1. The first-order chi connectivity index (χ1) is 6.27. The average Bonchev–Trinajstić information content (AvgIpc) is 2.02. The van der Waals surface area contributed by atoms with Crippen molar-refractivity contribution in [2.45, 2.75) is 0 Å². The zero-order valence-corrected chi connectivity index (χ0v) is 9.09. The third-order valence-corrected chi connectivity index (χ3v) is 5.19. The van der Waals surface area contributed by atoms with Gasteiger partial charge in [0.05, 0.1) is 0 Å². The second-order valence-corrected chi connectivity index (χ2v) is 7.36. The van der Waals surface area contributed by atoms with Gasteiger partial charge in [0.2, 0.25) is 0 Å². The van der Waals surface area contributed by atoms with E-state index in [-0.39, 0.29) is 13.1 Å². The SMILES string of the molecule is C=CCN(CC=C)S(=O)(=O)S(N)(=O)=O. The van der Waals surface area contributed by atoms with Crippen molar-refractivity contribution >= 4 is 18.1 Å². The largest absolute Gasteiger partial charge is 0.334 e. The summed E-state index contributed by atoms with van der Waals surface area (Å²) in [6, 6.07) is 0. The molecule has 0 saturated carbocycles. The van der Waals surface area contributed by atoms with Gasteiger partial charge in [0.1, 0.15) is 0 Å². The van der Waals surface area contributed by atoms with Crippen LogP contribution in [0.2, 0.25) is 0 Å². The van der Waals surface area contributed by atoms with Crippen molar-refractivity contribution in [1.29, 1.82) is 0 Å². The van der Waals surface area contributed by atoms with Gasteiger partial charge in [0.15, 0.2) is 0 Å². The summed E-state index contributed by atoms with van der Waals surface area (Å²) < 4.78 is 44.6. The predicted molar refractivity (Wildman–Crippen MR) is 54.0 cm³/mol. The fraction of sp³-hybridized carbons (Fsp3) is 0.333. The second kappa shape index (κ2) is 4.69. The minimum absolute atomic E-state index is 0.134. The Morgan fingerprint density at radius 1 is 1.07 bits per heavy atom. The highest BCUT2D eigenvalue weighted by Gasteiger charge is 2.31. The Kier molecular flexibility index (Phi) is 4.46. The minimum atomic E-state index is -4.64. The molecule has 0 aliphatic heterocycles. The Bertz CT molecular complexity index is 399. The molecule has 14 heavy (non-hydrogen) atoms. The second-order valence-electron chi connectivity index (χ2n) is 2.34. The van der Waals surface area contributed by atoms with Crippen LogP contribution >= 0.6 is 0 Å². The van der Waals surface area contributed by atoms with E-state index in [0.717, 1.165) is 0 Å². The molecule has 0 atom stereocenters. The van der Waals surface area contributed by atoms with E-state index in [2.05, 4.69) is 18.3 Å². The van der Waals surface area contributed by atoms with Gasteiger partial charge in [-0.05, 0) is 0 Å². The number of hydrogen-bond donors (Lipinski definition) is 1. The van der Waals surface area contributed by atoms with Gasteiger partial charge < -0.3 is 0 Å². The van der Waals surface area contributed by atoms with Crippen LogP contribution in [0.4, 0.5) is 0 Å². The number of rotatable bonds is 6. The molecule has 0 amide bonds. The van der Waals surface area contributed by atoms with Crippen LogP contribution in [0.15, 0.2) is 25.3 Å². The van der Waals surface area contributed by atoms with Gasteiger partial charge in [-0.3, -0.25) is 0 Å². The lowest BCUT2D eigenvalue weighted by Gasteiger charge is -2.16. The van der Waals surface area contributed by atoms with Crippen molar-refractivity contribution in [3.63, 3.8) is 0 Å². The van der Waals surface area contributed by atoms with E-state index in [0.29, 0.717) is 4.31 Å². The monoisotopic (exact) mass is 240 g/mol. The van der Waals surface area contributed by atoms with E-state index >= 15 is 0 Å². The van der Waals surface area contributed by atoms with Crippen LogP contribution in [0.25, 0.3) is 0 Å². The first-order valence-corrected chi connectivity index (χ1v) is 7.02. The summed E-state index contributed by atoms with van der Waals surface area (Å²) >= 11 is 0. The number of hydrogen-bond acceptors (Lipinski definition) is 4. The van der Waals surface area contributed by atoms with Crippen LogP contribution in [0.3, 0.4) is 0 Å². The molecule has 0 aromatic heterocycles. The quantitative estimate of drug-likeness (QED) is 0.485.